The number of hydrogen-bond acceptors (Lipinski definition) is 5. The van der Waals surface area contributed by atoms with Crippen LogP contribution in [-0.4, -0.2) is 83.2 Å². The second-order valence-electron chi connectivity index (χ2n) is 14.0. The van der Waals surface area contributed by atoms with Crippen molar-refractivity contribution in [1.82, 2.24) is 9.47 Å². The van der Waals surface area contributed by atoms with Gasteiger partial charge in [-0.2, -0.15) is 13.2 Å². The van der Waals surface area contributed by atoms with E-state index in [2.05, 4.69) is 86.6 Å². The third-order valence-corrected chi connectivity index (χ3v) is 15.4. The molecule has 1 fully saturated rings. The summed E-state index contributed by atoms with van der Waals surface area (Å²) in [7, 11) is -0.453. The van der Waals surface area contributed by atoms with Crippen molar-refractivity contribution in [3.8, 4) is 0 Å². The summed E-state index contributed by atoms with van der Waals surface area (Å²) in [5.74, 6) is 0.339. The highest BCUT2D eigenvalue weighted by atomic mass is 127. The fourth-order valence-electron chi connectivity index (χ4n) is 7.19. The van der Waals surface area contributed by atoms with Gasteiger partial charge in [0.15, 0.2) is 0 Å². The molecule has 2 atom stereocenters. The molecule has 0 amide bonds. The molecule has 11 heteroatoms. The van der Waals surface area contributed by atoms with Gasteiger partial charge in [-0.05, 0) is 88.6 Å². The number of hydrogen-bond donors (Lipinski definition) is 1. The Morgan fingerprint density at radius 3 is 2.06 bits per heavy atom. The molecule has 5 rings (SSSR count). The van der Waals surface area contributed by atoms with Crippen molar-refractivity contribution in [2.75, 3.05) is 58.5 Å². The average molecular weight is 808 g/mol. The predicted octanol–water partition coefficient (Wildman–Crippen LogP) is 7.54. The molecule has 0 bridgehead atoms. The third-order valence-electron chi connectivity index (χ3n) is 9.48. The maximum Gasteiger partial charge on any atom is 0.406 e. The summed E-state index contributed by atoms with van der Waals surface area (Å²) in [5, 5.41) is 6.95. The monoisotopic (exact) mass is 807 g/mol. The van der Waals surface area contributed by atoms with Crippen LogP contribution in [0.4, 0.5) is 18.9 Å². The average Bonchev–Trinajstić information content (AvgIpc) is 3.37. The Morgan fingerprint density at radius 1 is 0.837 bits per heavy atom. The summed E-state index contributed by atoms with van der Waals surface area (Å²) in [4.78, 5) is 2.33. The predicted molar refractivity (Wildman–Crippen MR) is 204 cm³/mol. The number of fused-ring (bicyclic) bond motifs is 1. The lowest BCUT2D eigenvalue weighted by molar-refractivity contribution is -0.140. The number of nitrogens with zero attached hydrogens (tertiary/aromatic N) is 2. The molecule has 0 saturated carbocycles. The zero-order valence-electron chi connectivity index (χ0n) is 28.9. The van der Waals surface area contributed by atoms with Crippen LogP contribution in [0.15, 0.2) is 84.9 Å². The van der Waals surface area contributed by atoms with Crippen molar-refractivity contribution in [2.24, 2.45) is 5.92 Å². The van der Waals surface area contributed by atoms with Crippen LogP contribution in [0.5, 0.6) is 0 Å². The first-order chi connectivity index (χ1) is 23.4. The zero-order valence-corrected chi connectivity index (χ0v) is 32.1. The van der Waals surface area contributed by atoms with E-state index in [0.29, 0.717) is 48.2 Å². The van der Waals surface area contributed by atoms with Crippen LogP contribution in [-0.2, 0) is 20.4 Å². The minimum absolute atomic E-state index is 0.0813. The van der Waals surface area contributed by atoms with Crippen molar-refractivity contribution in [2.45, 2.75) is 57.4 Å². The van der Waals surface area contributed by atoms with Crippen molar-refractivity contribution in [3.63, 3.8) is 0 Å². The molecule has 0 radical (unpaired) electrons. The number of anilines is 1. The second kappa shape index (κ2) is 16.7. The molecule has 1 aliphatic heterocycles. The molecule has 266 valence electrons. The number of ether oxygens (including phenoxy) is 2. The fourth-order valence-corrected chi connectivity index (χ4v) is 12.5. The third kappa shape index (κ3) is 9.47. The quantitative estimate of drug-likeness (QED) is 0.0765. The summed E-state index contributed by atoms with van der Waals surface area (Å²) < 4.78 is 60.6. The van der Waals surface area contributed by atoms with Crippen LogP contribution in [0.2, 0.25) is 5.04 Å². The van der Waals surface area contributed by atoms with Crippen LogP contribution in [0.1, 0.15) is 33.6 Å². The number of likely N-dealkylation sites (tertiary alicyclic amines) is 1. The van der Waals surface area contributed by atoms with Gasteiger partial charge in [0.2, 0.25) is 0 Å². The number of benzene rings is 3. The molecule has 49 heavy (non-hydrogen) atoms. The van der Waals surface area contributed by atoms with Gasteiger partial charge >= 0.3 is 6.18 Å². The Kier molecular flexibility index (Phi) is 12.9. The maximum atomic E-state index is 13.3. The fraction of sp³-hybridized carbons (Fsp3) is 0.474. The molecular formula is C38H49F3IN3O3Si. The van der Waals surface area contributed by atoms with E-state index in [-0.39, 0.29) is 11.1 Å². The van der Waals surface area contributed by atoms with E-state index >= 15 is 0 Å². The van der Waals surface area contributed by atoms with E-state index in [4.69, 9.17) is 13.9 Å². The molecule has 1 N–H and O–H groups in total. The molecule has 4 aromatic rings. The van der Waals surface area contributed by atoms with Crippen molar-refractivity contribution in [1.29, 1.82) is 0 Å². The first-order valence-corrected chi connectivity index (χ1v) is 20.1. The van der Waals surface area contributed by atoms with Gasteiger partial charge < -0.3 is 28.7 Å². The van der Waals surface area contributed by atoms with E-state index in [9.17, 15) is 13.2 Å². The molecule has 3 aromatic carbocycles. The van der Waals surface area contributed by atoms with E-state index in [1.165, 1.54) is 14.9 Å². The van der Waals surface area contributed by atoms with Gasteiger partial charge in [-0.25, -0.2) is 0 Å². The summed E-state index contributed by atoms with van der Waals surface area (Å²) in [6, 6.07) is 28.8. The van der Waals surface area contributed by atoms with Crippen LogP contribution < -0.4 is 15.7 Å². The topological polar surface area (TPSA) is 47.9 Å². The van der Waals surface area contributed by atoms with Gasteiger partial charge in [0, 0.05) is 30.3 Å². The number of aromatic nitrogens is 1. The molecule has 2 heterocycles. The molecule has 0 spiro atoms. The Balaban J connectivity index is 1.11. The summed E-state index contributed by atoms with van der Waals surface area (Å²) >= 11 is 1.99. The lowest BCUT2D eigenvalue weighted by atomic mass is 9.89. The minimum Gasteiger partial charge on any atom is -0.405 e. The number of alkyl halides is 3. The first-order valence-electron chi connectivity index (χ1n) is 17.1. The lowest BCUT2D eigenvalue weighted by Gasteiger charge is -2.43. The largest absolute Gasteiger partial charge is 0.406 e. The Morgan fingerprint density at radius 2 is 1.45 bits per heavy atom. The molecular weight excluding hydrogens is 758 g/mol. The SMILES string of the molecule is CN1CC[C@@H](Nc2cccc3c2cc(I)n3CC(F)(F)F)[C@H](CCOCCOCCO[Si](c2ccccc2)(c2ccccc2)C(C)(C)C)C1. The molecule has 0 aliphatic carbocycles. The molecule has 6 nitrogen and oxygen atoms in total. The summed E-state index contributed by atoms with van der Waals surface area (Å²) in [6.45, 7) is 10.3. The zero-order chi connectivity index (χ0) is 35.1. The number of rotatable bonds is 15. The normalized spacial score (nSPS) is 17.9. The van der Waals surface area contributed by atoms with Crippen LogP contribution in [0, 0.1) is 9.62 Å². The van der Waals surface area contributed by atoms with Crippen LogP contribution in [0.3, 0.4) is 0 Å². The van der Waals surface area contributed by atoms with Gasteiger partial charge in [-0.15, -0.1) is 0 Å². The van der Waals surface area contributed by atoms with E-state index in [1.54, 1.807) is 6.07 Å². The molecule has 0 unspecified atom stereocenters. The van der Waals surface area contributed by atoms with E-state index < -0.39 is 21.0 Å². The smallest absolute Gasteiger partial charge is 0.405 e. The second-order valence-corrected chi connectivity index (χ2v) is 19.4. The van der Waals surface area contributed by atoms with Gasteiger partial charge in [-0.1, -0.05) is 87.5 Å². The highest BCUT2D eigenvalue weighted by molar-refractivity contribution is 14.1. The van der Waals surface area contributed by atoms with Crippen LogP contribution >= 0.6 is 22.6 Å². The van der Waals surface area contributed by atoms with Gasteiger partial charge in [0.25, 0.3) is 8.32 Å². The highest BCUT2D eigenvalue weighted by Crippen LogP contribution is 2.37. The Labute approximate surface area is 303 Å². The van der Waals surface area contributed by atoms with Crippen LogP contribution in [0.25, 0.3) is 10.9 Å². The maximum absolute atomic E-state index is 13.3. The molecule has 1 aliphatic rings. The number of halogens is 4. The van der Waals surface area contributed by atoms with Crippen molar-refractivity contribution in [3.05, 3.63) is 88.6 Å². The molecule has 1 saturated heterocycles. The number of piperidine rings is 1. The van der Waals surface area contributed by atoms with Gasteiger partial charge in [0.1, 0.15) is 6.54 Å². The minimum atomic E-state index is -4.28. The Bertz CT molecular complexity index is 1580. The van der Waals surface area contributed by atoms with Crippen molar-refractivity contribution < 1.29 is 27.1 Å². The van der Waals surface area contributed by atoms with Gasteiger partial charge in [-0.3, -0.25) is 0 Å². The standard InChI is InChI=1S/C38H49F3IN3O3Si/c1-37(2,3)49(30-12-7-5-8-13-30,31-14-9-6-10-15-31)48-25-24-47-23-22-46-21-19-29-27-44(4)20-18-33(29)43-34-16-11-17-35-32(34)26-36(42)45(35)28-38(39,40)41/h5-17,26,29,33,43H,18-25,27-28H2,1-4H3/t29-,33-/m1/s1. The lowest BCUT2D eigenvalue weighted by Crippen LogP contribution is -2.66. The van der Waals surface area contributed by atoms with E-state index in [0.717, 1.165) is 37.0 Å². The molecule has 1 aromatic heterocycles. The highest BCUT2D eigenvalue weighted by Gasteiger charge is 2.50. The van der Waals surface area contributed by atoms with Gasteiger partial charge in [0.05, 0.1) is 35.6 Å². The Hall–Kier alpha value is -2.42. The summed E-state index contributed by atoms with van der Waals surface area (Å²) in [5.41, 5.74) is 1.47. The van der Waals surface area contributed by atoms with E-state index in [1.807, 2.05) is 52.9 Å². The van der Waals surface area contributed by atoms with Crippen molar-refractivity contribution >= 4 is 57.9 Å². The number of nitrogens with one attached hydrogen (secondary N) is 1. The first kappa shape index (κ1) is 37.8. The summed E-state index contributed by atoms with van der Waals surface area (Å²) in [6.07, 6.45) is -2.45.